The van der Waals surface area contributed by atoms with Gasteiger partial charge in [0.1, 0.15) is 0 Å². The summed E-state index contributed by atoms with van der Waals surface area (Å²) >= 11 is 0. The van der Waals surface area contributed by atoms with Crippen LogP contribution in [0, 0.1) is 11.8 Å². The van der Waals surface area contributed by atoms with Crippen LogP contribution in [0.3, 0.4) is 0 Å². The van der Waals surface area contributed by atoms with Gasteiger partial charge in [0, 0.05) is 6.42 Å². The molecule has 4 nitrogen and oxygen atoms in total. The molecule has 110 valence electrons. The molecule has 2 rings (SSSR count). The van der Waals surface area contributed by atoms with E-state index in [1.807, 2.05) is 0 Å². The number of carbonyl (C=O) groups excluding carboxylic acids is 1. The first-order chi connectivity index (χ1) is 8.90. The Bertz CT molecular complexity index is 334. The van der Waals surface area contributed by atoms with E-state index in [1.165, 1.54) is 6.42 Å². The summed E-state index contributed by atoms with van der Waals surface area (Å²) in [5, 5.41) is 0. The lowest BCUT2D eigenvalue weighted by molar-refractivity contribution is -0.128. The highest BCUT2D eigenvalue weighted by Gasteiger charge is 2.39. The number of hydrogen-bond acceptors (Lipinski definition) is 3. The second-order valence-electron chi connectivity index (χ2n) is 6.76. The van der Waals surface area contributed by atoms with Crippen LogP contribution in [0.25, 0.3) is 0 Å². The number of nitrogens with two attached hydrogens (primary N) is 2. The number of primary amides is 1. The highest BCUT2D eigenvalue weighted by Crippen LogP contribution is 2.35. The molecule has 1 amide bonds. The van der Waals surface area contributed by atoms with Crippen LogP contribution in [0.5, 0.6) is 0 Å². The van der Waals surface area contributed by atoms with E-state index in [0.29, 0.717) is 18.9 Å². The van der Waals surface area contributed by atoms with Crippen LogP contribution in [0.4, 0.5) is 0 Å². The molecular weight excluding hydrogens is 240 g/mol. The Morgan fingerprint density at radius 3 is 2.53 bits per heavy atom. The second-order valence-corrected chi connectivity index (χ2v) is 6.76. The number of ether oxygens (including phenoxy) is 1. The van der Waals surface area contributed by atoms with Gasteiger partial charge in [-0.1, -0.05) is 13.8 Å². The SMILES string of the molecule is CC1CCC(OC2CCCC(N)(C(N)=O)C2)CC1C. The summed E-state index contributed by atoms with van der Waals surface area (Å²) in [6.07, 6.45) is 7.17. The smallest absolute Gasteiger partial charge is 0.237 e. The largest absolute Gasteiger partial charge is 0.375 e. The zero-order valence-electron chi connectivity index (χ0n) is 12.2. The first-order valence-corrected chi connectivity index (χ1v) is 7.65. The average Bonchev–Trinajstić information content (AvgIpc) is 2.34. The summed E-state index contributed by atoms with van der Waals surface area (Å²) < 4.78 is 6.21. The maximum Gasteiger partial charge on any atom is 0.237 e. The molecule has 0 aromatic heterocycles. The molecule has 4 heteroatoms. The maximum absolute atomic E-state index is 11.5. The van der Waals surface area contributed by atoms with Crippen molar-refractivity contribution in [2.24, 2.45) is 23.3 Å². The zero-order chi connectivity index (χ0) is 14.0. The molecule has 0 spiro atoms. The predicted octanol–water partition coefficient (Wildman–Crippen LogP) is 1.95. The summed E-state index contributed by atoms with van der Waals surface area (Å²) in [6, 6.07) is 0. The van der Waals surface area contributed by atoms with E-state index >= 15 is 0 Å². The average molecular weight is 268 g/mol. The lowest BCUT2D eigenvalue weighted by atomic mass is 9.78. The number of rotatable bonds is 3. The van der Waals surface area contributed by atoms with Crippen LogP contribution in [-0.4, -0.2) is 23.7 Å². The van der Waals surface area contributed by atoms with Crippen molar-refractivity contribution >= 4 is 5.91 Å². The van der Waals surface area contributed by atoms with E-state index in [0.717, 1.165) is 37.5 Å². The topological polar surface area (TPSA) is 78.3 Å². The molecule has 2 saturated carbocycles. The van der Waals surface area contributed by atoms with Crippen LogP contribution in [-0.2, 0) is 9.53 Å². The Kier molecular flexibility index (Phi) is 4.51. The summed E-state index contributed by atoms with van der Waals surface area (Å²) in [6.45, 7) is 4.62. The van der Waals surface area contributed by atoms with Crippen LogP contribution >= 0.6 is 0 Å². The Morgan fingerprint density at radius 1 is 1.16 bits per heavy atom. The van der Waals surface area contributed by atoms with Gasteiger partial charge in [0.25, 0.3) is 0 Å². The highest BCUT2D eigenvalue weighted by atomic mass is 16.5. The van der Waals surface area contributed by atoms with Crippen molar-refractivity contribution in [3.63, 3.8) is 0 Å². The molecule has 4 N–H and O–H groups in total. The monoisotopic (exact) mass is 268 g/mol. The van der Waals surface area contributed by atoms with Gasteiger partial charge in [-0.25, -0.2) is 0 Å². The third-order valence-corrected chi connectivity index (χ3v) is 5.17. The molecule has 0 bridgehead atoms. The normalized spacial score (nSPS) is 43.9. The third kappa shape index (κ3) is 3.48. The quantitative estimate of drug-likeness (QED) is 0.821. The fourth-order valence-electron chi connectivity index (χ4n) is 3.49. The van der Waals surface area contributed by atoms with Gasteiger partial charge in [-0.2, -0.15) is 0 Å². The molecule has 2 aliphatic carbocycles. The van der Waals surface area contributed by atoms with Gasteiger partial charge in [-0.3, -0.25) is 4.79 Å². The molecule has 0 aliphatic heterocycles. The summed E-state index contributed by atoms with van der Waals surface area (Å²) in [7, 11) is 0. The Labute approximate surface area is 116 Å². The molecular formula is C15H28N2O2. The molecule has 0 heterocycles. The van der Waals surface area contributed by atoms with Gasteiger partial charge < -0.3 is 16.2 Å². The van der Waals surface area contributed by atoms with E-state index in [9.17, 15) is 4.79 Å². The molecule has 0 aromatic carbocycles. The fourth-order valence-corrected chi connectivity index (χ4v) is 3.49. The van der Waals surface area contributed by atoms with Crippen LogP contribution in [0.15, 0.2) is 0 Å². The van der Waals surface area contributed by atoms with Crippen LogP contribution in [0.1, 0.15) is 58.8 Å². The van der Waals surface area contributed by atoms with Crippen molar-refractivity contribution in [1.29, 1.82) is 0 Å². The van der Waals surface area contributed by atoms with Gasteiger partial charge in [-0.15, -0.1) is 0 Å². The van der Waals surface area contributed by atoms with Gasteiger partial charge in [0.15, 0.2) is 0 Å². The molecule has 5 atom stereocenters. The number of amides is 1. The molecule has 0 radical (unpaired) electrons. The first-order valence-electron chi connectivity index (χ1n) is 7.65. The van der Waals surface area contributed by atoms with Crippen LogP contribution in [0.2, 0.25) is 0 Å². The lowest BCUT2D eigenvalue weighted by Gasteiger charge is -2.39. The van der Waals surface area contributed by atoms with Crippen molar-refractivity contribution in [2.45, 2.75) is 76.5 Å². The molecule has 2 aliphatic rings. The molecule has 0 saturated heterocycles. The first kappa shape index (κ1) is 14.8. The molecule has 5 unspecified atom stereocenters. The van der Waals surface area contributed by atoms with Gasteiger partial charge >= 0.3 is 0 Å². The van der Waals surface area contributed by atoms with Crippen molar-refractivity contribution in [3.05, 3.63) is 0 Å². The van der Waals surface area contributed by atoms with Gasteiger partial charge in [0.2, 0.25) is 5.91 Å². The Balaban J connectivity index is 1.87. The number of carbonyl (C=O) groups is 1. The van der Waals surface area contributed by atoms with Crippen molar-refractivity contribution in [2.75, 3.05) is 0 Å². The third-order valence-electron chi connectivity index (χ3n) is 5.17. The van der Waals surface area contributed by atoms with E-state index in [2.05, 4.69) is 13.8 Å². The predicted molar refractivity (Wildman–Crippen MR) is 75.4 cm³/mol. The van der Waals surface area contributed by atoms with Crippen LogP contribution < -0.4 is 11.5 Å². The van der Waals surface area contributed by atoms with E-state index in [4.69, 9.17) is 16.2 Å². The summed E-state index contributed by atoms with van der Waals surface area (Å²) in [5.41, 5.74) is 10.7. The van der Waals surface area contributed by atoms with Crippen molar-refractivity contribution in [3.8, 4) is 0 Å². The van der Waals surface area contributed by atoms with E-state index in [1.54, 1.807) is 0 Å². The molecule has 2 fully saturated rings. The minimum atomic E-state index is -0.851. The molecule has 19 heavy (non-hydrogen) atoms. The Morgan fingerprint density at radius 2 is 1.89 bits per heavy atom. The molecule has 0 aromatic rings. The summed E-state index contributed by atoms with van der Waals surface area (Å²) in [4.78, 5) is 11.5. The minimum Gasteiger partial charge on any atom is -0.375 e. The van der Waals surface area contributed by atoms with E-state index < -0.39 is 5.54 Å². The Hall–Kier alpha value is -0.610. The number of hydrogen-bond donors (Lipinski definition) is 2. The zero-order valence-corrected chi connectivity index (χ0v) is 12.2. The highest BCUT2D eigenvalue weighted by molar-refractivity contribution is 5.84. The van der Waals surface area contributed by atoms with E-state index in [-0.39, 0.29) is 12.0 Å². The summed E-state index contributed by atoms with van der Waals surface area (Å²) in [5.74, 6) is 1.14. The van der Waals surface area contributed by atoms with Crippen molar-refractivity contribution < 1.29 is 9.53 Å². The van der Waals surface area contributed by atoms with Gasteiger partial charge in [-0.05, 0) is 50.4 Å². The maximum atomic E-state index is 11.5. The lowest BCUT2D eigenvalue weighted by Crippen LogP contribution is -2.56. The fraction of sp³-hybridized carbons (Fsp3) is 0.933. The second kappa shape index (κ2) is 5.80. The van der Waals surface area contributed by atoms with Gasteiger partial charge in [0.05, 0.1) is 17.7 Å². The standard InChI is InChI=1S/C15H28N2O2/c1-10-5-6-12(8-11(10)2)19-13-4-3-7-15(17,9-13)14(16)18/h10-13H,3-9,17H2,1-2H3,(H2,16,18). The minimum absolute atomic E-state index is 0.108. The van der Waals surface area contributed by atoms with Crippen molar-refractivity contribution in [1.82, 2.24) is 0 Å².